The van der Waals surface area contributed by atoms with E-state index in [2.05, 4.69) is 10.6 Å². The van der Waals surface area contributed by atoms with Gasteiger partial charge in [0.15, 0.2) is 0 Å². The second kappa shape index (κ2) is 8.99. The maximum absolute atomic E-state index is 12.9. The van der Waals surface area contributed by atoms with Crippen molar-refractivity contribution < 1.29 is 14.4 Å². The van der Waals surface area contributed by atoms with E-state index in [1.54, 1.807) is 23.1 Å². The highest BCUT2D eigenvalue weighted by Gasteiger charge is 2.27. The summed E-state index contributed by atoms with van der Waals surface area (Å²) in [6.07, 6.45) is 3.61. The lowest BCUT2D eigenvalue weighted by atomic mass is 9.95. The number of nitrogens with zero attached hydrogens (tertiary/aromatic N) is 1. The zero-order chi connectivity index (χ0) is 19.2. The van der Waals surface area contributed by atoms with E-state index in [1.807, 2.05) is 6.07 Å². The van der Waals surface area contributed by atoms with Crippen LogP contribution in [0.1, 0.15) is 42.5 Å². The van der Waals surface area contributed by atoms with Gasteiger partial charge >= 0.3 is 0 Å². The summed E-state index contributed by atoms with van der Waals surface area (Å²) in [4.78, 5) is 38.3. The second-order valence-electron chi connectivity index (χ2n) is 7.46. The van der Waals surface area contributed by atoms with Gasteiger partial charge in [-0.15, -0.1) is 0 Å². The van der Waals surface area contributed by atoms with Crippen LogP contribution in [0.15, 0.2) is 24.3 Å². The van der Waals surface area contributed by atoms with E-state index in [0.29, 0.717) is 49.5 Å². The zero-order valence-electron chi connectivity index (χ0n) is 15.6. The smallest absolute Gasteiger partial charge is 0.255 e. The van der Waals surface area contributed by atoms with Crippen LogP contribution < -0.4 is 16.4 Å². The first-order valence-corrected chi connectivity index (χ1v) is 9.73. The van der Waals surface area contributed by atoms with Gasteiger partial charge in [-0.25, -0.2) is 0 Å². The quantitative estimate of drug-likeness (QED) is 0.701. The molecule has 2 aliphatic rings. The number of nitrogens with two attached hydrogens (primary N) is 1. The van der Waals surface area contributed by atoms with Crippen LogP contribution in [0.25, 0.3) is 0 Å². The molecule has 1 aromatic rings. The third-order valence-electron chi connectivity index (χ3n) is 5.56. The molecule has 2 heterocycles. The van der Waals surface area contributed by atoms with Gasteiger partial charge in [-0.05, 0) is 56.8 Å². The topological polar surface area (TPSA) is 105 Å². The summed E-state index contributed by atoms with van der Waals surface area (Å²) in [5.41, 5.74) is 6.40. The van der Waals surface area contributed by atoms with Gasteiger partial charge < -0.3 is 21.3 Å². The van der Waals surface area contributed by atoms with Crippen molar-refractivity contribution in [2.75, 3.05) is 31.5 Å². The Bertz CT molecular complexity index is 692. The minimum atomic E-state index is -0.299. The number of rotatable bonds is 6. The van der Waals surface area contributed by atoms with Crippen LogP contribution in [0.5, 0.6) is 0 Å². The number of carbonyl (C=O) groups is 3. The Labute approximate surface area is 159 Å². The normalized spacial score (nSPS) is 20.4. The van der Waals surface area contributed by atoms with Crippen LogP contribution in [-0.2, 0) is 9.59 Å². The lowest BCUT2D eigenvalue weighted by Gasteiger charge is -2.31. The minimum absolute atomic E-state index is 0.0606. The SMILES string of the molecule is NC(=O)C1CCN(C(=O)c2ccccc2NC(=O)CCC2CCNC2)CC1. The molecule has 3 rings (SSSR count). The lowest BCUT2D eigenvalue weighted by Crippen LogP contribution is -2.42. The predicted molar refractivity (Wildman–Crippen MR) is 103 cm³/mol. The molecule has 3 amide bonds. The zero-order valence-corrected chi connectivity index (χ0v) is 15.6. The Hall–Kier alpha value is -2.41. The highest BCUT2D eigenvalue weighted by molar-refractivity contribution is 6.03. The van der Waals surface area contributed by atoms with Crippen molar-refractivity contribution in [1.82, 2.24) is 10.2 Å². The third-order valence-corrected chi connectivity index (χ3v) is 5.56. The molecular formula is C20H28N4O3. The first-order chi connectivity index (χ1) is 13.0. The first kappa shape index (κ1) is 19.4. The Morgan fingerprint density at radius 1 is 1.15 bits per heavy atom. The van der Waals surface area contributed by atoms with E-state index in [4.69, 9.17) is 5.73 Å². The number of primary amides is 1. The molecular weight excluding hydrogens is 344 g/mol. The maximum Gasteiger partial charge on any atom is 0.255 e. The maximum atomic E-state index is 12.9. The molecule has 1 aromatic carbocycles. The molecule has 2 saturated heterocycles. The standard InChI is InChI=1S/C20H28N4O3/c21-19(26)15-8-11-24(12-9-15)20(27)16-3-1-2-4-17(16)23-18(25)6-5-14-7-10-22-13-14/h1-4,14-15,22H,5-13H2,(H2,21,26)(H,23,25). The third kappa shape index (κ3) is 5.07. The van der Waals surface area contributed by atoms with Crippen LogP contribution in [0.4, 0.5) is 5.69 Å². The number of benzene rings is 1. The number of hydrogen-bond donors (Lipinski definition) is 3. The van der Waals surface area contributed by atoms with Gasteiger partial charge in [0, 0.05) is 25.4 Å². The van der Waals surface area contributed by atoms with Crippen molar-refractivity contribution in [3.05, 3.63) is 29.8 Å². The first-order valence-electron chi connectivity index (χ1n) is 9.73. The largest absolute Gasteiger partial charge is 0.369 e. The lowest BCUT2D eigenvalue weighted by molar-refractivity contribution is -0.123. The molecule has 7 heteroatoms. The molecule has 0 aromatic heterocycles. The Kier molecular flexibility index (Phi) is 6.45. The van der Waals surface area contributed by atoms with Gasteiger partial charge in [0.25, 0.3) is 5.91 Å². The van der Waals surface area contributed by atoms with Gasteiger partial charge in [-0.3, -0.25) is 14.4 Å². The Morgan fingerprint density at radius 3 is 2.56 bits per heavy atom. The van der Waals surface area contributed by atoms with Crippen LogP contribution >= 0.6 is 0 Å². The van der Waals surface area contributed by atoms with Gasteiger partial charge in [0.05, 0.1) is 11.3 Å². The molecule has 0 bridgehead atoms. The summed E-state index contributed by atoms with van der Waals surface area (Å²) in [6.45, 7) is 3.01. The number of hydrogen-bond acceptors (Lipinski definition) is 4. The number of likely N-dealkylation sites (tertiary alicyclic amines) is 1. The van der Waals surface area contributed by atoms with Crippen molar-refractivity contribution >= 4 is 23.4 Å². The molecule has 146 valence electrons. The Balaban J connectivity index is 1.58. The van der Waals surface area contributed by atoms with Gasteiger partial charge in [0.1, 0.15) is 0 Å². The van der Waals surface area contributed by atoms with E-state index in [1.165, 1.54) is 0 Å². The van der Waals surface area contributed by atoms with Gasteiger partial charge in [0.2, 0.25) is 11.8 Å². The van der Waals surface area contributed by atoms with Gasteiger partial charge in [-0.1, -0.05) is 12.1 Å². The summed E-state index contributed by atoms with van der Waals surface area (Å²) in [5, 5.41) is 6.21. The van der Waals surface area contributed by atoms with Crippen molar-refractivity contribution in [3.63, 3.8) is 0 Å². The highest BCUT2D eigenvalue weighted by atomic mass is 16.2. The number of anilines is 1. The minimum Gasteiger partial charge on any atom is -0.369 e. The molecule has 4 N–H and O–H groups in total. The second-order valence-corrected chi connectivity index (χ2v) is 7.46. The summed E-state index contributed by atoms with van der Waals surface area (Å²) >= 11 is 0. The predicted octanol–water partition coefficient (Wildman–Crippen LogP) is 1.35. The van der Waals surface area contributed by atoms with E-state index < -0.39 is 0 Å². The fraction of sp³-hybridized carbons (Fsp3) is 0.550. The molecule has 1 unspecified atom stereocenters. The summed E-state index contributed by atoms with van der Waals surface area (Å²) < 4.78 is 0. The van der Waals surface area contributed by atoms with Crippen LogP contribution in [-0.4, -0.2) is 48.8 Å². The van der Waals surface area contributed by atoms with E-state index in [9.17, 15) is 14.4 Å². The number of piperidine rings is 1. The highest BCUT2D eigenvalue weighted by Crippen LogP contribution is 2.23. The molecule has 2 fully saturated rings. The molecule has 0 saturated carbocycles. The monoisotopic (exact) mass is 372 g/mol. The summed E-state index contributed by atoms with van der Waals surface area (Å²) in [5.74, 6) is -0.0797. The van der Waals surface area contributed by atoms with E-state index in [-0.39, 0.29) is 23.6 Å². The molecule has 27 heavy (non-hydrogen) atoms. The number of para-hydroxylation sites is 1. The van der Waals surface area contributed by atoms with Crippen molar-refractivity contribution in [2.45, 2.75) is 32.1 Å². The fourth-order valence-electron chi connectivity index (χ4n) is 3.82. The Morgan fingerprint density at radius 2 is 1.89 bits per heavy atom. The summed E-state index contributed by atoms with van der Waals surface area (Å²) in [7, 11) is 0. The molecule has 2 aliphatic heterocycles. The van der Waals surface area contributed by atoms with Crippen LogP contribution in [0.3, 0.4) is 0 Å². The van der Waals surface area contributed by atoms with Crippen LogP contribution in [0, 0.1) is 11.8 Å². The number of nitrogens with one attached hydrogen (secondary N) is 2. The van der Waals surface area contributed by atoms with Crippen LogP contribution in [0.2, 0.25) is 0 Å². The molecule has 7 nitrogen and oxygen atoms in total. The number of carbonyl (C=O) groups excluding carboxylic acids is 3. The van der Waals surface area contributed by atoms with E-state index in [0.717, 1.165) is 25.9 Å². The average molecular weight is 372 g/mol. The van der Waals surface area contributed by atoms with Gasteiger partial charge in [-0.2, -0.15) is 0 Å². The van der Waals surface area contributed by atoms with E-state index >= 15 is 0 Å². The number of amides is 3. The van der Waals surface area contributed by atoms with Crippen molar-refractivity contribution in [2.24, 2.45) is 17.6 Å². The molecule has 0 radical (unpaired) electrons. The molecule has 0 spiro atoms. The average Bonchev–Trinajstić information content (AvgIpc) is 3.20. The fourth-order valence-corrected chi connectivity index (χ4v) is 3.82. The molecule has 0 aliphatic carbocycles. The van der Waals surface area contributed by atoms with Crippen molar-refractivity contribution in [3.8, 4) is 0 Å². The summed E-state index contributed by atoms with van der Waals surface area (Å²) in [6, 6.07) is 7.10. The molecule has 1 atom stereocenters. The van der Waals surface area contributed by atoms with Crippen molar-refractivity contribution in [1.29, 1.82) is 0 Å².